The zero-order chi connectivity index (χ0) is 27.3. The van der Waals surface area contributed by atoms with Crippen LogP contribution in [-0.2, 0) is 21.7 Å². The number of hydrogen-bond donors (Lipinski definition) is 1. The predicted molar refractivity (Wildman–Crippen MR) is 120 cm³/mol. The van der Waals surface area contributed by atoms with Crippen LogP contribution in [0.2, 0.25) is 0 Å². The van der Waals surface area contributed by atoms with Gasteiger partial charge in [0.15, 0.2) is 6.10 Å². The molecule has 0 radical (unpaired) electrons. The number of carbonyl (C=O) groups excluding carboxylic acids is 1. The predicted octanol–water partition coefficient (Wildman–Crippen LogP) is 6.26. The van der Waals surface area contributed by atoms with Gasteiger partial charge in [-0.05, 0) is 35.4 Å². The fourth-order valence-electron chi connectivity index (χ4n) is 3.35. The molecule has 0 aliphatic carbocycles. The highest BCUT2D eigenvalue weighted by atomic mass is 19.4. The van der Waals surface area contributed by atoms with Crippen molar-refractivity contribution < 1.29 is 50.5 Å². The van der Waals surface area contributed by atoms with E-state index in [4.69, 9.17) is 14.2 Å². The van der Waals surface area contributed by atoms with Crippen molar-refractivity contribution in [3.63, 3.8) is 0 Å². The second kappa shape index (κ2) is 11.1. The highest BCUT2D eigenvalue weighted by Gasteiger charge is 2.71. The molecule has 0 spiro atoms. The van der Waals surface area contributed by atoms with E-state index in [-0.39, 0.29) is 19.0 Å². The van der Waals surface area contributed by atoms with Crippen molar-refractivity contribution >= 4 is 5.97 Å². The standard InChI is InChI=1S/C26H22F6O5/c1-17(33)35-15-18-10-12-21(13-11-18)37-23(19-6-3-2-4-7-19)16-36-22-9-5-8-20(14-22)24(34,25(27,28)29)26(30,31)32/h2-14,23,34H,15-16H2,1H3. The first-order valence-corrected chi connectivity index (χ1v) is 10.8. The van der Waals surface area contributed by atoms with Gasteiger partial charge in [0.05, 0.1) is 0 Å². The van der Waals surface area contributed by atoms with Crippen molar-refractivity contribution in [3.05, 3.63) is 95.6 Å². The number of rotatable bonds is 9. The third-order valence-corrected chi connectivity index (χ3v) is 5.29. The molecule has 0 heterocycles. The topological polar surface area (TPSA) is 65.0 Å². The van der Waals surface area contributed by atoms with E-state index in [1.165, 1.54) is 13.0 Å². The first-order valence-electron chi connectivity index (χ1n) is 10.8. The summed E-state index contributed by atoms with van der Waals surface area (Å²) in [5, 5.41) is 9.66. The fraction of sp³-hybridized carbons (Fsp3) is 0.269. The monoisotopic (exact) mass is 528 g/mol. The summed E-state index contributed by atoms with van der Waals surface area (Å²) >= 11 is 0. The van der Waals surface area contributed by atoms with Gasteiger partial charge in [-0.2, -0.15) is 26.3 Å². The van der Waals surface area contributed by atoms with Crippen LogP contribution in [0.1, 0.15) is 29.7 Å². The minimum Gasteiger partial charge on any atom is -0.489 e. The van der Waals surface area contributed by atoms with Crippen LogP contribution >= 0.6 is 0 Å². The summed E-state index contributed by atoms with van der Waals surface area (Å²) < 4.78 is 95.9. The minimum atomic E-state index is -6.01. The van der Waals surface area contributed by atoms with E-state index in [0.29, 0.717) is 29.0 Å². The van der Waals surface area contributed by atoms with E-state index >= 15 is 0 Å². The van der Waals surface area contributed by atoms with Crippen molar-refractivity contribution in [1.82, 2.24) is 0 Å². The first-order chi connectivity index (χ1) is 17.3. The van der Waals surface area contributed by atoms with Gasteiger partial charge in [-0.25, -0.2) is 0 Å². The molecule has 0 saturated heterocycles. The van der Waals surface area contributed by atoms with E-state index in [2.05, 4.69) is 0 Å². The molecule has 0 aromatic heterocycles. The van der Waals surface area contributed by atoms with Gasteiger partial charge in [0, 0.05) is 12.5 Å². The number of esters is 1. The van der Waals surface area contributed by atoms with Crippen LogP contribution in [0, 0.1) is 0 Å². The van der Waals surface area contributed by atoms with Gasteiger partial charge in [0.1, 0.15) is 24.7 Å². The number of carbonyl (C=O) groups is 1. The minimum absolute atomic E-state index is 0.0688. The second-order valence-electron chi connectivity index (χ2n) is 7.99. The SMILES string of the molecule is CC(=O)OCc1ccc(OC(COc2cccc(C(O)(C(F)(F)F)C(F)(F)F)c2)c2ccccc2)cc1. The average Bonchev–Trinajstić information content (AvgIpc) is 2.84. The fourth-order valence-corrected chi connectivity index (χ4v) is 3.35. The van der Waals surface area contributed by atoms with Gasteiger partial charge in [-0.15, -0.1) is 0 Å². The molecular weight excluding hydrogens is 506 g/mol. The van der Waals surface area contributed by atoms with E-state index in [9.17, 15) is 36.2 Å². The molecule has 0 bridgehead atoms. The highest BCUT2D eigenvalue weighted by molar-refractivity contribution is 5.65. The van der Waals surface area contributed by atoms with Crippen molar-refractivity contribution in [1.29, 1.82) is 0 Å². The van der Waals surface area contributed by atoms with Gasteiger partial charge in [0.25, 0.3) is 5.60 Å². The molecule has 0 aliphatic rings. The number of hydrogen-bond acceptors (Lipinski definition) is 5. The quantitative estimate of drug-likeness (QED) is 0.262. The Bertz CT molecular complexity index is 1160. The lowest BCUT2D eigenvalue weighted by atomic mass is 9.92. The maximum atomic E-state index is 13.3. The summed E-state index contributed by atoms with van der Waals surface area (Å²) in [5.74, 6) is -0.374. The lowest BCUT2D eigenvalue weighted by molar-refractivity contribution is -0.376. The van der Waals surface area contributed by atoms with Crippen LogP contribution in [0.3, 0.4) is 0 Å². The number of ether oxygens (including phenoxy) is 3. The number of aliphatic hydroxyl groups is 1. The molecule has 1 N–H and O–H groups in total. The molecule has 37 heavy (non-hydrogen) atoms. The van der Waals surface area contributed by atoms with Crippen LogP contribution in [0.4, 0.5) is 26.3 Å². The zero-order valence-corrected chi connectivity index (χ0v) is 19.3. The first kappa shape index (κ1) is 27.9. The van der Waals surface area contributed by atoms with Crippen molar-refractivity contribution in [3.8, 4) is 11.5 Å². The highest BCUT2D eigenvalue weighted by Crippen LogP contribution is 2.50. The Morgan fingerprint density at radius 3 is 2.03 bits per heavy atom. The van der Waals surface area contributed by atoms with Crippen LogP contribution in [0.25, 0.3) is 0 Å². The van der Waals surface area contributed by atoms with Gasteiger partial charge < -0.3 is 19.3 Å². The number of alkyl halides is 6. The van der Waals surface area contributed by atoms with Gasteiger partial charge in [-0.3, -0.25) is 4.79 Å². The summed E-state index contributed by atoms with van der Waals surface area (Å²) in [5.41, 5.74) is -5.16. The van der Waals surface area contributed by atoms with E-state index in [1.54, 1.807) is 54.6 Å². The molecule has 0 saturated carbocycles. The molecule has 11 heteroatoms. The zero-order valence-electron chi connectivity index (χ0n) is 19.3. The summed E-state index contributed by atoms with van der Waals surface area (Å²) in [6, 6.07) is 18.3. The van der Waals surface area contributed by atoms with Crippen molar-refractivity contribution in [2.45, 2.75) is 37.6 Å². The molecule has 0 fully saturated rings. The van der Waals surface area contributed by atoms with Crippen molar-refractivity contribution in [2.75, 3.05) is 6.61 Å². The van der Waals surface area contributed by atoms with Gasteiger partial charge in [0.2, 0.25) is 0 Å². The molecule has 3 aromatic carbocycles. The normalized spacial score (nSPS) is 13.1. The Balaban J connectivity index is 1.81. The maximum Gasteiger partial charge on any atom is 0.430 e. The lowest BCUT2D eigenvalue weighted by Gasteiger charge is -2.32. The Morgan fingerprint density at radius 1 is 0.838 bits per heavy atom. The molecular formula is C26H22F6O5. The Morgan fingerprint density at radius 2 is 1.46 bits per heavy atom. The summed E-state index contributed by atoms with van der Waals surface area (Å²) in [4.78, 5) is 11.0. The van der Waals surface area contributed by atoms with E-state index in [0.717, 1.165) is 6.07 Å². The molecule has 0 aliphatic heterocycles. The largest absolute Gasteiger partial charge is 0.489 e. The third kappa shape index (κ3) is 6.73. The summed E-state index contributed by atoms with van der Waals surface area (Å²) in [7, 11) is 0. The Labute approximate surface area is 208 Å². The maximum absolute atomic E-state index is 13.3. The number of benzene rings is 3. The molecule has 1 atom stereocenters. The molecule has 3 rings (SSSR count). The average molecular weight is 528 g/mol. The Hall–Kier alpha value is -3.73. The van der Waals surface area contributed by atoms with Crippen LogP contribution < -0.4 is 9.47 Å². The second-order valence-corrected chi connectivity index (χ2v) is 7.99. The van der Waals surface area contributed by atoms with E-state index in [1.807, 2.05) is 0 Å². The molecule has 3 aromatic rings. The molecule has 198 valence electrons. The molecule has 5 nitrogen and oxygen atoms in total. The van der Waals surface area contributed by atoms with E-state index < -0.39 is 35.6 Å². The third-order valence-electron chi connectivity index (χ3n) is 5.29. The Kier molecular flexibility index (Phi) is 8.37. The van der Waals surface area contributed by atoms with Crippen LogP contribution in [0.5, 0.6) is 11.5 Å². The number of halogens is 6. The summed E-state index contributed by atoms with van der Waals surface area (Å²) in [6.45, 7) is 1.07. The smallest absolute Gasteiger partial charge is 0.430 e. The lowest BCUT2D eigenvalue weighted by Crippen LogP contribution is -2.53. The summed E-state index contributed by atoms with van der Waals surface area (Å²) in [6.07, 6.45) is -12.8. The molecule has 1 unspecified atom stereocenters. The van der Waals surface area contributed by atoms with Gasteiger partial charge >= 0.3 is 18.3 Å². The van der Waals surface area contributed by atoms with Gasteiger partial charge in [-0.1, -0.05) is 54.6 Å². The van der Waals surface area contributed by atoms with Crippen LogP contribution in [0.15, 0.2) is 78.9 Å². The van der Waals surface area contributed by atoms with Crippen molar-refractivity contribution in [2.24, 2.45) is 0 Å². The van der Waals surface area contributed by atoms with Crippen LogP contribution in [-0.4, -0.2) is 30.0 Å². The molecule has 0 amide bonds.